The summed E-state index contributed by atoms with van der Waals surface area (Å²) in [5.74, 6) is -0.569. The SMILES string of the molecule is CNc1c(C#N)cnc2c(F)c(Cl)ccc12. The van der Waals surface area contributed by atoms with E-state index in [2.05, 4.69) is 10.3 Å². The Morgan fingerprint density at radius 1 is 1.50 bits per heavy atom. The molecule has 1 heterocycles. The first-order valence-corrected chi connectivity index (χ1v) is 4.91. The Morgan fingerprint density at radius 3 is 2.88 bits per heavy atom. The Morgan fingerprint density at radius 2 is 2.25 bits per heavy atom. The summed E-state index contributed by atoms with van der Waals surface area (Å²) in [6.45, 7) is 0. The lowest BCUT2D eigenvalue weighted by molar-refractivity contribution is 0.637. The van der Waals surface area contributed by atoms with Gasteiger partial charge in [-0.05, 0) is 12.1 Å². The average Bonchev–Trinajstić information content (AvgIpc) is 2.32. The van der Waals surface area contributed by atoms with E-state index in [4.69, 9.17) is 16.9 Å². The summed E-state index contributed by atoms with van der Waals surface area (Å²) in [4.78, 5) is 3.90. The quantitative estimate of drug-likeness (QED) is 0.827. The topological polar surface area (TPSA) is 48.7 Å². The number of rotatable bonds is 1. The number of anilines is 1. The minimum atomic E-state index is -0.569. The summed E-state index contributed by atoms with van der Waals surface area (Å²) in [6.07, 6.45) is 1.33. The Balaban J connectivity index is 2.91. The first kappa shape index (κ1) is 10.7. The summed E-state index contributed by atoms with van der Waals surface area (Å²) >= 11 is 5.66. The second-order valence-electron chi connectivity index (χ2n) is 3.17. The predicted octanol–water partition coefficient (Wildman–Crippen LogP) is 2.94. The lowest BCUT2D eigenvalue weighted by atomic mass is 10.1. The highest BCUT2D eigenvalue weighted by Crippen LogP contribution is 2.29. The molecule has 0 spiro atoms. The summed E-state index contributed by atoms with van der Waals surface area (Å²) in [6, 6.07) is 5.08. The maximum absolute atomic E-state index is 13.6. The standard InChI is InChI=1S/C11H7ClFN3/c1-15-10-6(4-14)5-16-11-7(10)2-3-8(12)9(11)13/h2-3,5H,1H3,(H,15,16). The molecule has 0 amide bonds. The maximum Gasteiger partial charge on any atom is 0.168 e. The van der Waals surface area contributed by atoms with E-state index in [-0.39, 0.29) is 10.5 Å². The van der Waals surface area contributed by atoms with Gasteiger partial charge >= 0.3 is 0 Å². The Kier molecular flexibility index (Phi) is 2.63. The zero-order chi connectivity index (χ0) is 11.7. The van der Waals surface area contributed by atoms with Gasteiger partial charge in [0.1, 0.15) is 11.6 Å². The van der Waals surface area contributed by atoms with Crippen LogP contribution in [0.3, 0.4) is 0 Å². The van der Waals surface area contributed by atoms with Crippen LogP contribution in [-0.2, 0) is 0 Å². The van der Waals surface area contributed by atoms with E-state index in [1.165, 1.54) is 12.3 Å². The third-order valence-electron chi connectivity index (χ3n) is 2.30. The van der Waals surface area contributed by atoms with Gasteiger partial charge in [0.05, 0.1) is 16.3 Å². The molecule has 1 N–H and O–H groups in total. The van der Waals surface area contributed by atoms with Gasteiger partial charge in [-0.25, -0.2) is 4.39 Å². The molecular formula is C11H7ClFN3. The van der Waals surface area contributed by atoms with E-state index in [0.29, 0.717) is 16.6 Å². The van der Waals surface area contributed by atoms with Crippen LogP contribution in [0.5, 0.6) is 0 Å². The molecule has 0 unspecified atom stereocenters. The van der Waals surface area contributed by atoms with Crippen molar-refractivity contribution in [3.05, 3.63) is 34.7 Å². The van der Waals surface area contributed by atoms with Gasteiger partial charge in [-0.1, -0.05) is 11.6 Å². The molecule has 1 aromatic carbocycles. The second kappa shape index (κ2) is 3.95. The molecule has 0 aliphatic heterocycles. The lowest BCUT2D eigenvalue weighted by Gasteiger charge is -2.08. The number of hydrogen-bond acceptors (Lipinski definition) is 3. The molecule has 2 rings (SSSR count). The summed E-state index contributed by atoms with van der Waals surface area (Å²) in [5.41, 5.74) is 1.09. The van der Waals surface area contributed by atoms with E-state index < -0.39 is 5.82 Å². The van der Waals surface area contributed by atoms with Crippen LogP contribution in [0.2, 0.25) is 5.02 Å². The van der Waals surface area contributed by atoms with E-state index in [1.807, 2.05) is 6.07 Å². The van der Waals surface area contributed by atoms with E-state index in [0.717, 1.165) is 0 Å². The second-order valence-corrected chi connectivity index (χ2v) is 3.57. The minimum Gasteiger partial charge on any atom is -0.386 e. The van der Waals surface area contributed by atoms with Crippen molar-refractivity contribution in [1.82, 2.24) is 4.98 Å². The zero-order valence-corrected chi connectivity index (χ0v) is 9.14. The van der Waals surface area contributed by atoms with E-state index in [1.54, 1.807) is 13.1 Å². The van der Waals surface area contributed by atoms with Crippen molar-refractivity contribution in [2.75, 3.05) is 12.4 Å². The van der Waals surface area contributed by atoms with Crippen LogP contribution in [-0.4, -0.2) is 12.0 Å². The molecular weight excluding hydrogens is 229 g/mol. The molecule has 0 aliphatic carbocycles. The molecule has 5 heteroatoms. The summed E-state index contributed by atoms with van der Waals surface area (Å²) in [7, 11) is 1.67. The lowest BCUT2D eigenvalue weighted by Crippen LogP contribution is -1.97. The Bertz CT molecular complexity index is 604. The molecule has 1 aromatic heterocycles. The third-order valence-corrected chi connectivity index (χ3v) is 2.59. The van der Waals surface area contributed by atoms with Crippen molar-refractivity contribution < 1.29 is 4.39 Å². The number of halogens is 2. The number of nitrogens with one attached hydrogen (secondary N) is 1. The van der Waals surface area contributed by atoms with Crippen molar-refractivity contribution in [2.24, 2.45) is 0 Å². The van der Waals surface area contributed by atoms with Crippen molar-refractivity contribution >= 4 is 28.2 Å². The number of pyridine rings is 1. The largest absolute Gasteiger partial charge is 0.386 e. The van der Waals surface area contributed by atoms with Gasteiger partial charge in [0.25, 0.3) is 0 Å². The van der Waals surface area contributed by atoms with Gasteiger partial charge in [-0.15, -0.1) is 0 Å². The van der Waals surface area contributed by atoms with Gasteiger partial charge in [-0.2, -0.15) is 5.26 Å². The van der Waals surface area contributed by atoms with Crippen LogP contribution >= 0.6 is 11.6 Å². The Hall–Kier alpha value is -1.86. The molecule has 0 saturated heterocycles. The van der Waals surface area contributed by atoms with Gasteiger partial charge in [0, 0.05) is 18.6 Å². The zero-order valence-electron chi connectivity index (χ0n) is 8.38. The number of nitrogens with zero attached hydrogens (tertiary/aromatic N) is 2. The highest BCUT2D eigenvalue weighted by molar-refractivity contribution is 6.31. The van der Waals surface area contributed by atoms with Crippen LogP contribution in [0.15, 0.2) is 18.3 Å². The Labute approximate surface area is 96.5 Å². The van der Waals surface area contributed by atoms with Crippen molar-refractivity contribution in [3.63, 3.8) is 0 Å². The van der Waals surface area contributed by atoms with Gasteiger partial charge in [0.15, 0.2) is 5.82 Å². The molecule has 0 bridgehead atoms. The third kappa shape index (κ3) is 1.46. The van der Waals surface area contributed by atoms with E-state index in [9.17, 15) is 4.39 Å². The molecule has 0 fully saturated rings. The van der Waals surface area contributed by atoms with Gasteiger partial charge < -0.3 is 5.32 Å². The molecule has 0 aliphatic rings. The fourth-order valence-corrected chi connectivity index (χ4v) is 1.71. The average molecular weight is 236 g/mol. The van der Waals surface area contributed by atoms with Crippen LogP contribution in [0.1, 0.15) is 5.56 Å². The molecule has 0 saturated carbocycles. The highest BCUT2D eigenvalue weighted by Gasteiger charge is 2.12. The maximum atomic E-state index is 13.6. The fourth-order valence-electron chi connectivity index (χ4n) is 1.56. The van der Waals surface area contributed by atoms with Crippen molar-refractivity contribution in [2.45, 2.75) is 0 Å². The van der Waals surface area contributed by atoms with Crippen LogP contribution in [0, 0.1) is 17.1 Å². The number of fused-ring (bicyclic) bond motifs is 1. The molecule has 2 aromatic rings. The molecule has 80 valence electrons. The highest BCUT2D eigenvalue weighted by atomic mass is 35.5. The molecule has 0 atom stereocenters. The summed E-state index contributed by atoms with van der Waals surface area (Å²) < 4.78 is 13.6. The number of benzene rings is 1. The minimum absolute atomic E-state index is 0.0201. The first-order valence-electron chi connectivity index (χ1n) is 4.53. The van der Waals surface area contributed by atoms with Crippen LogP contribution in [0.25, 0.3) is 10.9 Å². The fraction of sp³-hybridized carbons (Fsp3) is 0.0909. The van der Waals surface area contributed by atoms with Crippen LogP contribution in [0.4, 0.5) is 10.1 Å². The van der Waals surface area contributed by atoms with Crippen LogP contribution < -0.4 is 5.32 Å². The molecule has 16 heavy (non-hydrogen) atoms. The smallest absolute Gasteiger partial charge is 0.168 e. The van der Waals surface area contributed by atoms with Gasteiger partial charge in [-0.3, -0.25) is 4.98 Å². The predicted molar refractivity (Wildman–Crippen MR) is 61.0 cm³/mol. The number of aromatic nitrogens is 1. The summed E-state index contributed by atoms with van der Waals surface area (Å²) in [5, 5.41) is 12.3. The number of hydrogen-bond donors (Lipinski definition) is 1. The molecule has 3 nitrogen and oxygen atoms in total. The van der Waals surface area contributed by atoms with Gasteiger partial charge in [0.2, 0.25) is 0 Å². The van der Waals surface area contributed by atoms with Crippen molar-refractivity contribution in [1.29, 1.82) is 5.26 Å². The normalized spacial score (nSPS) is 10.1. The van der Waals surface area contributed by atoms with E-state index >= 15 is 0 Å². The molecule has 0 radical (unpaired) electrons. The number of nitriles is 1. The monoisotopic (exact) mass is 235 g/mol. The first-order chi connectivity index (χ1) is 7.69. The van der Waals surface area contributed by atoms with Crippen molar-refractivity contribution in [3.8, 4) is 6.07 Å².